The summed E-state index contributed by atoms with van der Waals surface area (Å²) < 4.78 is 0. The van der Waals surface area contributed by atoms with Crippen molar-refractivity contribution in [1.29, 1.82) is 0 Å². The van der Waals surface area contributed by atoms with E-state index in [2.05, 4.69) is 10.6 Å². The second kappa shape index (κ2) is 4.06. The Balaban J connectivity index is 2.48. The van der Waals surface area contributed by atoms with Crippen molar-refractivity contribution in [2.24, 2.45) is 0 Å². The van der Waals surface area contributed by atoms with E-state index in [-0.39, 0.29) is 22.6 Å². The molecular weight excluding hydrogens is 260 g/mol. The predicted molar refractivity (Wildman–Crippen MR) is 71.7 cm³/mol. The Morgan fingerprint density at radius 2 is 1.70 bits per heavy atom. The average molecular weight is 270 g/mol. The van der Waals surface area contributed by atoms with Crippen molar-refractivity contribution in [3.05, 3.63) is 35.4 Å². The molecule has 2 aromatic carbocycles. The molecule has 3 amide bonds. The largest absolute Gasteiger partial charge is 0.505 e. The standard InChI is InChI=1S/C14H10N2O4/c1-6(17)15-11-10-9(13(19)16-14(10)20)7-4-2-3-5-8(7)12(11)18/h2-5,18H,1H3,(H,15,17)(H,16,19,20). The van der Waals surface area contributed by atoms with Crippen LogP contribution in [0.3, 0.4) is 0 Å². The molecule has 1 aliphatic rings. The molecule has 0 saturated heterocycles. The molecule has 100 valence electrons. The van der Waals surface area contributed by atoms with Gasteiger partial charge in [0.25, 0.3) is 11.8 Å². The van der Waals surface area contributed by atoms with E-state index in [1.54, 1.807) is 24.3 Å². The Bertz CT molecular complexity index is 795. The fourth-order valence-corrected chi connectivity index (χ4v) is 2.41. The Morgan fingerprint density at radius 1 is 1.10 bits per heavy atom. The lowest BCUT2D eigenvalue weighted by Gasteiger charge is -2.12. The third kappa shape index (κ3) is 1.55. The van der Waals surface area contributed by atoms with Gasteiger partial charge in [-0.25, -0.2) is 0 Å². The van der Waals surface area contributed by atoms with E-state index in [1.807, 2.05) is 0 Å². The number of rotatable bonds is 1. The maximum Gasteiger partial charge on any atom is 0.261 e. The SMILES string of the molecule is CC(=O)Nc1c2c(c3ccccc3c1O)C(=O)NC2=O. The first-order chi connectivity index (χ1) is 9.50. The van der Waals surface area contributed by atoms with E-state index in [0.717, 1.165) is 0 Å². The lowest BCUT2D eigenvalue weighted by atomic mass is 9.97. The van der Waals surface area contributed by atoms with Crippen LogP contribution < -0.4 is 10.6 Å². The van der Waals surface area contributed by atoms with Crippen molar-refractivity contribution in [3.8, 4) is 5.75 Å². The smallest absolute Gasteiger partial charge is 0.261 e. The highest BCUT2D eigenvalue weighted by molar-refractivity contribution is 6.30. The number of phenols is 1. The van der Waals surface area contributed by atoms with Gasteiger partial charge in [0.05, 0.1) is 16.8 Å². The molecule has 0 atom stereocenters. The quantitative estimate of drug-likeness (QED) is 0.539. The first-order valence-electron chi connectivity index (χ1n) is 5.91. The number of aromatic hydroxyl groups is 1. The number of fused-ring (bicyclic) bond motifs is 3. The molecule has 0 bridgehead atoms. The lowest BCUT2D eigenvalue weighted by Crippen LogP contribution is -2.20. The summed E-state index contributed by atoms with van der Waals surface area (Å²) in [5.74, 6) is -1.83. The molecular formula is C14H10N2O4. The van der Waals surface area contributed by atoms with Crippen LogP contribution in [0.4, 0.5) is 5.69 Å². The molecule has 2 aromatic rings. The summed E-state index contributed by atoms with van der Waals surface area (Å²) in [6.07, 6.45) is 0. The average Bonchev–Trinajstić information content (AvgIpc) is 2.69. The number of nitrogens with one attached hydrogen (secondary N) is 2. The van der Waals surface area contributed by atoms with Crippen LogP contribution in [0.15, 0.2) is 24.3 Å². The third-order valence-electron chi connectivity index (χ3n) is 3.17. The molecule has 0 spiro atoms. The van der Waals surface area contributed by atoms with Crippen molar-refractivity contribution in [2.75, 3.05) is 5.32 Å². The topological polar surface area (TPSA) is 95.5 Å². The molecule has 3 rings (SSSR count). The number of hydrogen-bond acceptors (Lipinski definition) is 4. The van der Waals surface area contributed by atoms with Crippen molar-refractivity contribution < 1.29 is 19.5 Å². The number of benzene rings is 2. The number of imide groups is 1. The second-order valence-corrected chi connectivity index (χ2v) is 4.48. The van der Waals surface area contributed by atoms with Gasteiger partial charge >= 0.3 is 0 Å². The molecule has 0 aliphatic carbocycles. The van der Waals surface area contributed by atoms with Gasteiger partial charge < -0.3 is 10.4 Å². The number of carbonyl (C=O) groups is 3. The lowest BCUT2D eigenvalue weighted by molar-refractivity contribution is -0.114. The maximum absolute atomic E-state index is 11.9. The molecule has 1 aliphatic heterocycles. The third-order valence-corrected chi connectivity index (χ3v) is 3.17. The Hall–Kier alpha value is -2.89. The van der Waals surface area contributed by atoms with Crippen molar-refractivity contribution in [2.45, 2.75) is 6.92 Å². The van der Waals surface area contributed by atoms with Crippen LogP contribution in [-0.2, 0) is 4.79 Å². The van der Waals surface area contributed by atoms with Gasteiger partial charge in [-0.2, -0.15) is 0 Å². The molecule has 0 aromatic heterocycles. The van der Waals surface area contributed by atoms with E-state index >= 15 is 0 Å². The first kappa shape index (κ1) is 12.2. The highest BCUT2D eigenvalue weighted by atomic mass is 16.3. The minimum atomic E-state index is -0.630. The zero-order valence-electron chi connectivity index (χ0n) is 10.5. The summed E-state index contributed by atoms with van der Waals surface area (Å²) in [5.41, 5.74) is 0.142. The van der Waals surface area contributed by atoms with Gasteiger partial charge in [-0.1, -0.05) is 24.3 Å². The van der Waals surface area contributed by atoms with Gasteiger partial charge in [-0.15, -0.1) is 0 Å². The van der Waals surface area contributed by atoms with Crippen LogP contribution in [0.2, 0.25) is 0 Å². The maximum atomic E-state index is 11.9. The van der Waals surface area contributed by atoms with Crippen LogP contribution in [0.5, 0.6) is 5.75 Å². The van der Waals surface area contributed by atoms with Gasteiger partial charge in [0.2, 0.25) is 5.91 Å². The molecule has 0 saturated carbocycles. The highest BCUT2D eigenvalue weighted by Gasteiger charge is 2.34. The predicted octanol–water partition coefficient (Wildman–Crippen LogP) is 1.39. The zero-order valence-corrected chi connectivity index (χ0v) is 10.5. The van der Waals surface area contributed by atoms with Gasteiger partial charge in [0.15, 0.2) is 0 Å². The highest BCUT2D eigenvalue weighted by Crippen LogP contribution is 2.41. The zero-order chi connectivity index (χ0) is 14.4. The number of amides is 3. The van der Waals surface area contributed by atoms with E-state index in [9.17, 15) is 19.5 Å². The van der Waals surface area contributed by atoms with E-state index in [0.29, 0.717) is 10.8 Å². The summed E-state index contributed by atoms with van der Waals surface area (Å²) in [7, 11) is 0. The summed E-state index contributed by atoms with van der Waals surface area (Å²) in [4.78, 5) is 35.0. The molecule has 0 fully saturated rings. The van der Waals surface area contributed by atoms with Gasteiger partial charge in [0, 0.05) is 12.3 Å². The normalized spacial score (nSPS) is 13.2. The molecule has 6 heteroatoms. The molecule has 0 radical (unpaired) electrons. The number of carbonyl (C=O) groups excluding carboxylic acids is 3. The van der Waals surface area contributed by atoms with Crippen LogP contribution >= 0.6 is 0 Å². The van der Waals surface area contributed by atoms with E-state index in [4.69, 9.17) is 0 Å². The molecule has 6 nitrogen and oxygen atoms in total. The molecule has 0 unspecified atom stereocenters. The van der Waals surface area contributed by atoms with Gasteiger partial charge in [-0.3, -0.25) is 19.7 Å². The Kier molecular flexibility index (Phi) is 2.47. The van der Waals surface area contributed by atoms with Crippen LogP contribution in [0, 0.1) is 0 Å². The van der Waals surface area contributed by atoms with Crippen LogP contribution in [-0.4, -0.2) is 22.8 Å². The number of anilines is 1. The first-order valence-corrected chi connectivity index (χ1v) is 5.91. The van der Waals surface area contributed by atoms with Crippen molar-refractivity contribution in [3.63, 3.8) is 0 Å². The fraction of sp³-hybridized carbons (Fsp3) is 0.0714. The molecule has 1 heterocycles. The summed E-state index contributed by atoms with van der Waals surface area (Å²) in [5, 5.41) is 15.7. The molecule has 20 heavy (non-hydrogen) atoms. The second-order valence-electron chi connectivity index (χ2n) is 4.48. The van der Waals surface area contributed by atoms with Gasteiger partial charge in [-0.05, 0) is 5.39 Å². The Morgan fingerprint density at radius 3 is 2.35 bits per heavy atom. The van der Waals surface area contributed by atoms with E-state index in [1.165, 1.54) is 6.92 Å². The minimum Gasteiger partial charge on any atom is -0.505 e. The van der Waals surface area contributed by atoms with Crippen molar-refractivity contribution >= 4 is 34.2 Å². The van der Waals surface area contributed by atoms with Crippen LogP contribution in [0.1, 0.15) is 27.6 Å². The Labute approximate surface area is 113 Å². The minimum absolute atomic E-state index is 0.00130. The molecule has 3 N–H and O–H groups in total. The monoisotopic (exact) mass is 270 g/mol. The summed E-state index contributed by atoms with van der Waals surface area (Å²) in [6, 6.07) is 6.66. The fourth-order valence-electron chi connectivity index (χ4n) is 2.41. The van der Waals surface area contributed by atoms with E-state index < -0.39 is 17.7 Å². The summed E-state index contributed by atoms with van der Waals surface area (Å²) in [6.45, 7) is 1.26. The summed E-state index contributed by atoms with van der Waals surface area (Å²) >= 11 is 0. The van der Waals surface area contributed by atoms with Crippen LogP contribution in [0.25, 0.3) is 10.8 Å². The number of hydrogen-bond donors (Lipinski definition) is 3. The number of phenolic OH excluding ortho intramolecular Hbond substituents is 1. The van der Waals surface area contributed by atoms with Gasteiger partial charge in [0.1, 0.15) is 5.75 Å². The van der Waals surface area contributed by atoms with Crippen molar-refractivity contribution in [1.82, 2.24) is 5.32 Å².